The summed E-state index contributed by atoms with van der Waals surface area (Å²) in [6, 6.07) is 9.11. The first-order valence-corrected chi connectivity index (χ1v) is 8.78. The number of carbonyl (C=O) groups is 2. The molecule has 1 aliphatic rings. The molecule has 1 fully saturated rings. The van der Waals surface area contributed by atoms with Gasteiger partial charge in [0, 0.05) is 31.9 Å². The van der Waals surface area contributed by atoms with Gasteiger partial charge in [0.25, 0.3) is 5.91 Å². The molecule has 2 amide bonds. The van der Waals surface area contributed by atoms with E-state index < -0.39 is 5.54 Å². The number of amides is 2. The fourth-order valence-electron chi connectivity index (χ4n) is 3.32. The van der Waals surface area contributed by atoms with E-state index in [1.54, 1.807) is 25.1 Å². The van der Waals surface area contributed by atoms with Gasteiger partial charge in [-0.25, -0.2) is 0 Å². The van der Waals surface area contributed by atoms with Gasteiger partial charge in [-0.2, -0.15) is 10.2 Å². The van der Waals surface area contributed by atoms with Crippen LogP contribution in [0.1, 0.15) is 23.2 Å². The number of nitrogens with zero attached hydrogens (tertiary/aromatic N) is 3. The van der Waals surface area contributed by atoms with Gasteiger partial charge in [-0.3, -0.25) is 9.59 Å². The number of hydrogen-bond acceptors (Lipinski definition) is 6. The zero-order chi connectivity index (χ0) is 19.3. The van der Waals surface area contributed by atoms with Gasteiger partial charge in [0.1, 0.15) is 11.3 Å². The molecule has 0 unspecified atom stereocenters. The quantitative estimate of drug-likeness (QED) is 0.825. The van der Waals surface area contributed by atoms with Gasteiger partial charge in [0.05, 0.1) is 25.1 Å². The number of likely N-dealkylation sites (tertiary alicyclic amines) is 1. The third kappa shape index (κ3) is 3.99. The van der Waals surface area contributed by atoms with Crippen LogP contribution in [-0.4, -0.2) is 59.7 Å². The second kappa shape index (κ2) is 8.03. The molecule has 27 heavy (non-hydrogen) atoms. The molecule has 0 atom stereocenters. The maximum atomic E-state index is 12.7. The van der Waals surface area contributed by atoms with Crippen molar-refractivity contribution in [1.82, 2.24) is 20.4 Å². The molecule has 2 heterocycles. The van der Waals surface area contributed by atoms with Crippen molar-refractivity contribution in [3.8, 4) is 5.75 Å². The SMILES string of the molecule is CNC(=O)C1(Nc2cccc(OC)c2)CCN(C(=O)c2ccnnc2)CC1. The van der Waals surface area contributed by atoms with Gasteiger partial charge in [-0.1, -0.05) is 6.07 Å². The van der Waals surface area contributed by atoms with Gasteiger partial charge in [0.2, 0.25) is 5.91 Å². The minimum absolute atomic E-state index is 0.0944. The molecule has 142 valence electrons. The number of anilines is 1. The maximum Gasteiger partial charge on any atom is 0.255 e. The first-order chi connectivity index (χ1) is 13.1. The highest BCUT2D eigenvalue weighted by Gasteiger charge is 2.42. The summed E-state index contributed by atoms with van der Waals surface area (Å²) in [7, 11) is 3.23. The Labute approximate surface area is 157 Å². The molecule has 0 bridgehead atoms. The minimum atomic E-state index is -0.783. The number of methoxy groups -OCH3 is 1. The third-order valence-corrected chi connectivity index (χ3v) is 4.85. The van der Waals surface area contributed by atoms with E-state index in [2.05, 4.69) is 20.8 Å². The third-order valence-electron chi connectivity index (χ3n) is 4.85. The predicted molar refractivity (Wildman–Crippen MR) is 101 cm³/mol. The average molecular weight is 369 g/mol. The van der Waals surface area contributed by atoms with Gasteiger partial charge in [-0.15, -0.1) is 0 Å². The molecule has 1 aliphatic heterocycles. The molecular formula is C19H23N5O3. The molecule has 0 saturated carbocycles. The van der Waals surface area contributed by atoms with Crippen molar-refractivity contribution < 1.29 is 14.3 Å². The van der Waals surface area contributed by atoms with E-state index in [4.69, 9.17) is 4.74 Å². The van der Waals surface area contributed by atoms with Crippen LogP contribution < -0.4 is 15.4 Å². The lowest BCUT2D eigenvalue weighted by molar-refractivity contribution is -0.126. The number of nitrogens with one attached hydrogen (secondary N) is 2. The molecule has 3 rings (SSSR count). The lowest BCUT2D eigenvalue weighted by Gasteiger charge is -2.41. The zero-order valence-electron chi connectivity index (χ0n) is 15.4. The molecule has 0 aliphatic carbocycles. The number of piperidine rings is 1. The summed E-state index contributed by atoms with van der Waals surface area (Å²) in [5, 5.41) is 13.6. The Morgan fingerprint density at radius 3 is 2.59 bits per heavy atom. The molecule has 2 aromatic rings. The van der Waals surface area contributed by atoms with Crippen LogP contribution >= 0.6 is 0 Å². The molecule has 8 heteroatoms. The standard InChI is InChI=1S/C19H23N5O3/c1-20-18(26)19(23-15-4-3-5-16(12-15)27-2)7-10-24(11-8-19)17(25)14-6-9-21-22-13-14/h3-6,9,12-13,23H,7-8,10-11H2,1-2H3,(H,20,26). The van der Waals surface area contributed by atoms with Crippen LogP contribution in [0.5, 0.6) is 5.75 Å². The number of carbonyl (C=O) groups excluding carboxylic acids is 2. The van der Waals surface area contributed by atoms with Crippen LogP contribution in [0.15, 0.2) is 42.7 Å². The Balaban J connectivity index is 1.75. The second-order valence-electron chi connectivity index (χ2n) is 6.44. The molecule has 0 spiro atoms. The number of aromatic nitrogens is 2. The van der Waals surface area contributed by atoms with Crippen LogP contribution in [0.3, 0.4) is 0 Å². The van der Waals surface area contributed by atoms with Crippen molar-refractivity contribution in [1.29, 1.82) is 0 Å². The summed E-state index contributed by atoms with van der Waals surface area (Å²) >= 11 is 0. The number of benzene rings is 1. The molecule has 1 aromatic heterocycles. The Morgan fingerprint density at radius 1 is 1.19 bits per heavy atom. The van der Waals surface area contributed by atoms with Crippen LogP contribution in [0.25, 0.3) is 0 Å². The lowest BCUT2D eigenvalue weighted by atomic mass is 9.85. The highest BCUT2D eigenvalue weighted by Crippen LogP contribution is 2.29. The van der Waals surface area contributed by atoms with Crippen molar-refractivity contribution in [3.05, 3.63) is 48.3 Å². The van der Waals surface area contributed by atoms with E-state index in [0.717, 1.165) is 5.69 Å². The van der Waals surface area contributed by atoms with Gasteiger partial charge < -0.3 is 20.3 Å². The van der Waals surface area contributed by atoms with Gasteiger partial charge >= 0.3 is 0 Å². The maximum absolute atomic E-state index is 12.7. The van der Waals surface area contributed by atoms with Crippen molar-refractivity contribution in [2.75, 3.05) is 32.6 Å². The monoisotopic (exact) mass is 369 g/mol. The van der Waals surface area contributed by atoms with E-state index in [1.807, 2.05) is 24.3 Å². The minimum Gasteiger partial charge on any atom is -0.497 e. The highest BCUT2D eigenvalue weighted by atomic mass is 16.5. The first-order valence-electron chi connectivity index (χ1n) is 8.78. The molecule has 1 saturated heterocycles. The highest BCUT2D eigenvalue weighted by molar-refractivity contribution is 5.94. The second-order valence-corrected chi connectivity index (χ2v) is 6.44. The van der Waals surface area contributed by atoms with E-state index >= 15 is 0 Å². The Kier molecular flexibility index (Phi) is 5.54. The Bertz CT molecular complexity index is 804. The summed E-state index contributed by atoms with van der Waals surface area (Å²) in [4.78, 5) is 27.0. The van der Waals surface area contributed by atoms with Crippen molar-refractivity contribution >= 4 is 17.5 Å². The van der Waals surface area contributed by atoms with E-state index in [9.17, 15) is 9.59 Å². The van der Waals surface area contributed by atoms with Crippen molar-refractivity contribution in [2.45, 2.75) is 18.4 Å². The van der Waals surface area contributed by atoms with E-state index in [0.29, 0.717) is 37.2 Å². The number of rotatable bonds is 5. The largest absolute Gasteiger partial charge is 0.497 e. The van der Waals surface area contributed by atoms with E-state index in [1.165, 1.54) is 12.4 Å². The van der Waals surface area contributed by atoms with E-state index in [-0.39, 0.29) is 11.8 Å². The zero-order valence-corrected chi connectivity index (χ0v) is 15.4. The van der Waals surface area contributed by atoms with Crippen LogP contribution in [0, 0.1) is 0 Å². The van der Waals surface area contributed by atoms with Crippen LogP contribution in [0.4, 0.5) is 5.69 Å². The predicted octanol–water partition coefficient (Wildman–Crippen LogP) is 1.32. The molecule has 8 nitrogen and oxygen atoms in total. The summed E-state index contributed by atoms with van der Waals surface area (Å²) < 4.78 is 5.26. The smallest absolute Gasteiger partial charge is 0.255 e. The fraction of sp³-hybridized carbons (Fsp3) is 0.368. The normalized spacial score (nSPS) is 15.7. The Morgan fingerprint density at radius 2 is 1.96 bits per heavy atom. The molecular weight excluding hydrogens is 346 g/mol. The van der Waals surface area contributed by atoms with Crippen molar-refractivity contribution in [3.63, 3.8) is 0 Å². The summed E-state index contributed by atoms with van der Waals surface area (Å²) in [6.45, 7) is 0.928. The van der Waals surface area contributed by atoms with Gasteiger partial charge in [-0.05, 0) is 31.0 Å². The topological polar surface area (TPSA) is 96.5 Å². The number of likely N-dealkylation sites (N-methyl/N-ethyl adjacent to an activating group) is 1. The lowest BCUT2D eigenvalue weighted by Crippen LogP contribution is -2.58. The summed E-state index contributed by atoms with van der Waals surface area (Å²) in [5.41, 5.74) is 0.517. The fourth-order valence-corrected chi connectivity index (χ4v) is 3.32. The summed E-state index contributed by atoms with van der Waals surface area (Å²) in [5.74, 6) is 0.518. The van der Waals surface area contributed by atoms with Crippen LogP contribution in [-0.2, 0) is 4.79 Å². The Hall–Kier alpha value is -3.16. The van der Waals surface area contributed by atoms with Gasteiger partial charge in [0.15, 0.2) is 0 Å². The molecule has 1 aromatic carbocycles. The van der Waals surface area contributed by atoms with Crippen LogP contribution in [0.2, 0.25) is 0 Å². The molecule has 2 N–H and O–H groups in total. The molecule has 0 radical (unpaired) electrons. The number of ether oxygens (including phenoxy) is 1. The number of hydrogen-bond donors (Lipinski definition) is 2. The average Bonchev–Trinajstić information content (AvgIpc) is 2.74. The first kappa shape index (κ1) is 18.6. The summed E-state index contributed by atoms with van der Waals surface area (Å²) in [6.07, 6.45) is 3.94. The van der Waals surface area contributed by atoms with Crippen molar-refractivity contribution in [2.24, 2.45) is 0 Å².